The fourth-order valence-corrected chi connectivity index (χ4v) is 1.38. The van der Waals surface area contributed by atoms with Crippen LogP contribution in [0, 0.1) is 0 Å². The van der Waals surface area contributed by atoms with Gasteiger partial charge in [0.2, 0.25) is 0 Å². The average Bonchev–Trinajstić information content (AvgIpc) is 2.52. The van der Waals surface area contributed by atoms with Crippen LogP contribution in [0.25, 0.3) is 0 Å². The maximum atomic E-state index is 12.8. The Balaban J connectivity index is 2.45. The molecule has 0 amide bonds. The molecule has 1 aliphatic carbocycles. The Labute approximate surface area is 71.6 Å². The van der Waals surface area contributed by atoms with Crippen LogP contribution in [0.2, 0.25) is 0 Å². The summed E-state index contributed by atoms with van der Waals surface area (Å²) in [6.07, 6.45) is 1.91. The van der Waals surface area contributed by atoms with E-state index in [4.69, 9.17) is 5.11 Å². The molecule has 1 aliphatic rings. The number of hydrogen-bond donors (Lipinski definition) is 2. The number of carboxylic acid groups (broad SMARTS) is 1. The number of carboxylic acids is 1. The van der Waals surface area contributed by atoms with Gasteiger partial charge in [0.1, 0.15) is 5.82 Å². The molecule has 0 bridgehead atoms. The first-order valence-corrected chi connectivity index (χ1v) is 3.62. The fourth-order valence-electron chi connectivity index (χ4n) is 1.38. The lowest BCUT2D eigenvalue weighted by Gasteiger charge is -2.06. The topological polar surface area (TPSA) is 66.0 Å². The molecule has 4 nitrogen and oxygen atoms in total. The van der Waals surface area contributed by atoms with Gasteiger partial charge in [0.25, 0.3) is 5.92 Å². The lowest BCUT2D eigenvalue weighted by molar-refractivity contribution is -0.143. The highest BCUT2D eigenvalue weighted by Gasteiger charge is 2.79. The van der Waals surface area contributed by atoms with Gasteiger partial charge >= 0.3 is 5.97 Å². The Bertz CT molecular complexity index is 349. The van der Waals surface area contributed by atoms with Crippen LogP contribution in [0.1, 0.15) is 12.2 Å². The van der Waals surface area contributed by atoms with Gasteiger partial charge in [-0.1, -0.05) is 0 Å². The third-order valence-electron chi connectivity index (χ3n) is 2.25. The number of nitrogens with zero attached hydrogens (tertiary/aromatic N) is 1. The zero-order valence-electron chi connectivity index (χ0n) is 6.42. The Kier molecular flexibility index (Phi) is 1.30. The van der Waals surface area contributed by atoms with Gasteiger partial charge in [-0.25, -0.2) is 13.8 Å². The number of aliphatic carboxylic acids is 1. The highest BCUT2D eigenvalue weighted by atomic mass is 19.3. The number of imidazole rings is 1. The summed E-state index contributed by atoms with van der Waals surface area (Å²) in [5, 5.41) is 8.67. The summed E-state index contributed by atoms with van der Waals surface area (Å²) in [7, 11) is 0. The van der Waals surface area contributed by atoms with Crippen molar-refractivity contribution >= 4 is 5.97 Å². The number of nitrogens with one attached hydrogen (secondary N) is 1. The molecule has 1 aromatic heterocycles. The minimum absolute atomic E-state index is 0.176. The Morgan fingerprint density at radius 3 is 2.62 bits per heavy atom. The first-order valence-electron chi connectivity index (χ1n) is 3.62. The predicted octanol–water partition coefficient (Wildman–Crippen LogP) is 0.771. The predicted molar refractivity (Wildman–Crippen MR) is 37.5 cm³/mol. The third kappa shape index (κ3) is 0.824. The maximum Gasteiger partial charge on any atom is 0.323 e. The van der Waals surface area contributed by atoms with Crippen molar-refractivity contribution in [1.82, 2.24) is 9.97 Å². The van der Waals surface area contributed by atoms with Crippen molar-refractivity contribution in [3.05, 3.63) is 18.2 Å². The van der Waals surface area contributed by atoms with Crippen LogP contribution in [0.15, 0.2) is 12.4 Å². The van der Waals surface area contributed by atoms with Crippen LogP contribution in [0.5, 0.6) is 0 Å². The maximum absolute atomic E-state index is 12.8. The molecule has 1 aromatic rings. The van der Waals surface area contributed by atoms with Crippen molar-refractivity contribution in [2.24, 2.45) is 0 Å². The summed E-state index contributed by atoms with van der Waals surface area (Å²) < 4.78 is 25.6. The summed E-state index contributed by atoms with van der Waals surface area (Å²) >= 11 is 0. The minimum Gasteiger partial charge on any atom is -0.480 e. The summed E-state index contributed by atoms with van der Waals surface area (Å²) in [4.78, 5) is 16.6. The fraction of sp³-hybridized carbons (Fsp3) is 0.429. The van der Waals surface area contributed by atoms with E-state index in [0.717, 1.165) is 0 Å². The molecule has 2 N–H and O–H groups in total. The van der Waals surface area contributed by atoms with Crippen LogP contribution < -0.4 is 0 Å². The van der Waals surface area contributed by atoms with Gasteiger partial charge in [-0.15, -0.1) is 0 Å². The van der Waals surface area contributed by atoms with E-state index in [1.807, 2.05) is 0 Å². The third-order valence-corrected chi connectivity index (χ3v) is 2.25. The van der Waals surface area contributed by atoms with Gasteiger partial charge in [0, 0.05) is 18.8 Å². The number of hydrogen-bond acceptors (Lipinski definition) is 2. The first-order chi connectivity index (χ1) is 6.01. The van der Waals surface area contributed by atoms with Crippen LogP contribution >= 0.6 is 0 Å². The SMILES string of the molecule is O=C(O)C1(c2ncc[nH]2)CC1(F)F. The molecule has 2 rings (SSSR count). The van der Waals surface area contributed by atoms with Gasteiger partial charge < -0.3 is 10.1 Å². The van der Waals surface area contributed by atoms with Crippen LogP contribution in [0.4, 0.5) is 8.78 Å². The molecular weight excluding hydrogens is 182 g/mol. The average molecular weight is 188 g/mol. The summed E-state index contributed by atoms with van der Waals surface area (Å²) in [5.74, 6) is -4.89. The number of H-pyrrole nitrogens is 1. The molecule has 1 atom stereocenters. The number of aromatic amines is 1. The van der Waals surface area contributed by atoms with E-state index >= 15 is 0 Å². The molecule has 1 heterocycles. The van der Waals surface area contributed by atoms with Gasteiger partial charge in [0.15, 0.2) is 5.41 Å². The van der Waals surface area contributed by atoms with Gasteiger partial charge in [0.05, 0.1) is 0 Å². The lowest BCUT2D eigenvalue weighted by Crippen LogP contribution is -2.28. The molecule has 70 valence electrons. The first kappa shape index (κ1) is 8.15. The largest absolute Gasteiger partial charge is 0.480 e. The molecule has 13 heavy (non-hydrogen) atoms. The molecule has 1 fully saturated rings. The zero-order valence-corrected chi connectivity index (χ0v) is 6.42. The van der Waals surface area contributed by atoms with Gasteiger partial charge in [-0.3, -0.25) is 4.79 Å². The number of carbonyl (C=O) groups is 1. The molecular formula is C7H6F2N2O2. The van der Waals surface area contributed by atoms with E-state index in [2.05, 4.69) is 9.97 Å². The molecule has 1 saturated carbocycles. The monoisotopic (exact) mass is 188 g/mol. The Hall–Kier alpha value is -1.46. The number of halogens is 2. The van der Waals surface area contributed by atoms with Crippen molar-refractivity contribution in [2.75, 3.05) is 0 Å². The van der Waals surface area contributed by atoms with E-state index in [9.17, 15) is 13.6 Å². The summed E-state index contributed by atoms with van der Waals surface area (Å²) in [6.45, 7) is 0. The van der Waals surface area contributed by atoms with Crippen molar-refractivity contribution in [3.8, 4) is 0 Å². The van der Waals surface area contributed by atoms with E-state index in [-0.39, 0.29) is 5.82 Å². The smallest absolute Gasteiger partial charge is 0.323 e. The van der Waals surface area contributed by atoms with Gasteiger partial charge in [-0.2, -0.15) is 0 Å². The molecule has 0 spiro atoms. The molecule has 6 heteroatoms. The van der Waals surface area contributed by atoms with Crippen LogP contribution in [0.3, 0.4) is 0 Å². The molecule has 1 unspecified atom stereocenters. The number of rotatable bonds is 2. The second-order valence-corrected chi connectivity index (χ2v) is 3.03. The minimum atomic E-state index is -3.18. The highest BCUT2D eigenvalue weighted by molar-refractivity contribution is 5.86. The van der Waals surface area contributed by atoms with E-state index in [1.165, 1.54) is 12.4 Å². The highest BCUT2D eigenvalue weighted by Crippen LogP contribution is 2.60. The van der Waals surface area contributed by atoms with Crippen molar-refractivity contribution < 1.29 is 18.7 Å². The lowest BCUT2D eigenvalue weighted by atomic mass is 10.1. The molecule has 0 saturated heterocycles. The van der Waals surface area contributed by atoms with Crippen molar-refractivity contribution in [2.45, 2.75) is 17.8 Å². The zero-order chi connectivity index (χ0) is 9.69. The Morgan fingerprint density at radius 2 is 2.31 bits per heavy atom. The van der Waals surface area contributed by atoms with Gasteiger partial charge in [-0.05, 0) is 0 Å². The van der Waals surface area contributed by atoms with E-state index in [1.54, 1.807) is 0 Å². The summed E-state index contributed by atoms with van der Waals surface area (Å²) in [5.41, 5.74) is -2.11. The molecule has 0 aliphatic heterocycles. The van der Waals surface area contributed by atoms with E-state index < -0.39 is 23.7 Å². The normalized spacial score (nSPS) is 30.0. The molecule has 0 radical (unpaired) electrons. The second kappa shape index (κ2) is 2.07. The second-order valence-electron chi connectivity index (χ2n) is 3.03. The van der Waals surface area contributed by atoms with Crippen LogP contribution in [-0.2, 0) is 10.2 Å². The standard InChI is InChI=1S/C7H6F2N2O2/c8-7(9)3-6(7,5(12)13)4-10-1-2-11-4/h1-2H,3H2,(H,10,11)(H,12,13). The Morgan fingerprint density at radius 1 is 1.69 bits per heavy atom. The van der Waals surface area contributed by atoms with Crippen molar-refractivity contribution in [1.29, 1.82) is 0 Å². The van der Waals surface area contributed by atoms with Crippen molar-refractivity contribution in [3.63, 3.8) is 0 Å². The number of alkyl halides is 2. The molecule has 0 aromatic carbocycles. The summed E-state index contributed by atoms with van der Waals surface area (Å²) in [6, 6.07) is 0. The van der Waals surface area contributed by atoms with E-state index in [0.29, 0.717) is 0 Å². The quantitative estimate of drug-likeness (QED) is 0.720. The van der Waals surface area contributed by atoms with Crippen LogP contribution in [-0.4, -0.2) is 27.0 Å². The number of aromatic nitrogens is 2.